The van der Waals surface area contributed by atoms with E-state index in [0.717, 1.165) is 11.2 Å². The molecule has 6 heteroatoms. The van der Waals surface area contributed by atoms with Gasteiger partial charge in [0, 0.05) is 26.7 Å². The van der Waals surface area contributed by atoms with Crippen molar-refractivity contribution in [3.63, 3.8) is 0 Å². The molecule has 0 spiro atoms. The number of carbonyl (C=O) groups is 1. The van der Waals surface area contributed by atoms with Crippen LogP contribution in [0.3, 0.4) is 0 Å². The molecule has 0 atom stereocenters. The molecule has 0 bridgehead atoms. The lowest BCUT2D eigenvalue weighted by atomic mass is 10.3. The van der Waals surface area contributed by atoms with Crippen LogP contribution in [0.1, 0.15) is 12.2 Å². The Morgan fingerprint density at radius 1 is 1.50 bits per heavy atom. The van der Waals surface area contributed by atoms with Crippen molar-refractivity contribution >= 4 is 28.8 Å². The first-order valence-electron chi connectivity index (χ1n) is 5.54. The van der Waals surface area contributed by atoms with Gasteiger partial charge in [0.15, 0.2) is 5.15 Å². The predicted octanol–water partition coefficient (Wildman–Crippen LogP) is 2.07. The first kappa shape index (κ1) is 12.7. The Morgan fingerprint density at radius 2 is 2.22 bits per heavy atom. The molecule has 0 aliphatic rings. The average molecular weight is 268 g/mol. The summed E-state index contributed by atoms with van der Waals surface area (Å²) in [6.07, 6.45) is 2.31. The van der Waals surface area contributed by atoms with E-state index >= 15 is 0 Å². The molecule has 2 aromatic heterocycles. The molecule has 0 radical (unpaired) electrons. The predicted molar refractivity (Wildman–Crippen MR) is 70.5 cm³/mol. The van der Waals surface area contributed by atoms with Crippen LogP contribution in [0.25, 0.3) is 5.52 Å². The van der Waals surface area contributed by atoms with E-state index in [4.69, 9.17) is 16.7 Å². The van der Waals surface area contributed by atoms with Crippen molar-refractivity contribution in [2.24, 2.45) is 0 Å². The fourth-order valence-corrected chi connectivity index (χ4v) is 2.01. The van der Waals surface area contributed by atoms with E-state index < -0.39 is 5.97 Å². The fourth-order valence-electron chi connectivity index (χ4n) is 1.76. The number of aromatic nitrogens is 2. The lowest BCUT2D eigenvalue weighted by Crippen LogP contribution is -2.10. The third-order valence-corrected chi connectivity index (χ3v) is 3.01. The van der Waals surface area contributed by atoms with E-state index in [0.29, 0.717) is 17.4 Å². The molecule has 2 rings (SSSR count). The number of fused-ring (bicyclic) bond motifs is 1. The summed E-state index contributed by atoms with van der Waals surface area (Å²) in [5.74, 6) is -0.173. The quantitative estimate of drug-likeness (QED) is 0.921. The number of aliphatic carboxylic acids is 1. The van der Waals surface area contributed by atoms with Gasteiger partial charge in [0.05, 0.1) is 17.6 Å². The first-order chi connectivity index (χ1) is 8.49. The third kappa shape index (κ3) is 2.41. The van der Waals surface area contributed by atoms with Crippen molar-refractivity contribution in [3.05, 3.63) is 29.3 Å². The molecule has 18 heavy (non-hydrogen) atoms. The molecule has 1 N–H and O–H groups in total. The van der Waals surface area contributed by atoms with Gasteiger partial charge >= 0.3 is 5.97 Å². The zero-order chi connectivity index (χ0) is 13.3. The van der Waals surface area contributed by atoms with Crippen molar-refractivity contribution in [2.75, 3.05) is 19.0 Å². The van der Waals surface area contributed by atoms with Crippen LogP contribution in [-0.2, 0) is 11.2 Å². The van der Waals surface area contributed by atoms with E-state index in [2.05, 4.69) is 4.98 Å². The number of rotatable bonds is 4. The highest BCUT2D eigenvalue weighted by Crippen LogP contribution is 2.22. The molecule has 0 aliphatic heterocycles. The van der Waals surface area contributed by atoms with Crippen LogP contribution < -0.4 is 4.90 Å². The first-order valence-corrected chi connectivity index (χ1v) is 5.92. The van der Waals surface area contributed by atoms with Crippen molar-refractivity contribution in [2.45, 2.75) is 12.8 Å². The number of carboxylic acid groups (broad SMARTS) is 1. The molecule has 0 saturated heterocycles. The number of imidazole rings is 1. The number of carboxylic acids is 1. The number of halogens is 1. The van der Waals surface area contributed by atoms with Crippen molar-refractivity contribution < 1.29 is 9.90 Å². The van der Waals surface area contributed by atoms with E-state index in [1.54, 1.807) is 0 Å². The minimum absolute atomic E-state index is 0.0433. The summed E-state index contributed by atoms with van der Waals surface area (Å²) in [5, 5.41) is 9.12. The summed E-state index contributed by atoms with van der Waals surface area (Å²) in [5.41, 5.74) is 1.80. The van der Waals surface area contributed by atoms with E-state index in [9.17, 15) is 4.79 Å². The van der Waals surface area contributed by atoms with Gasteiger partial charge in [-0.1, -0.05) is 11.6 Å². The second-order valence-corrected chi connectivity index (χ2v) is 4.61. The Kier molecular flexibility index (Phi) is 3.43. The summed E-state index contributed by atoms with van der Waals surface area (Å²) in [7, 11) is 3.88. The lowest BCUT2D eigenvalue weighted by molar-refractivity contribution is -0.137. The topological polar surface area (TPSA) is 57.8 Å². The highest BCUT2D eigenvalue weighted by Gasteiger charge is 2.11. The van der Waals surface area contributed by atoms with Gasteiger partial charge in [-0.05, 0) is 12.1 Å². The van der Waals surface area contributed by atoms with Crippen LogP contribution in [0.15, 0.2) is 18.3 Å². The van der Waals surface area contributed by atoms with Gasteiger partial charge in [0.2, 0.25) is 0 Å². The SMILES string of the molecule is CN(C)c1ccc2c(Cl)nc(CCC(=O)O)n2c1. The summed E-state index contributed by atoms with van der Waals surface area (Å²) >= 11 is 6.03. The Labute approximate surface area is 110 Å². The smallest absolute Gasteiger partial charge is 0.303 e. The number of hydrogen-bond acceptors (Lipinski definition) is 3. The molecule has 96 valence electrons. The summed E-state index contributed by atoms with van der Waals surface area (Å²) < 4.78 is 1.85. The molecule has 5 nitrogen and oxygen atoms in total. The van der Waals surface area contributed by atoms with E-state index in [1.807, 2.05) is 41.7 Å². The normalized spacial score (nSPS) is 10.8. The monoisotopic (exact) mass is 267 g/mol. The minimum Gasteiger partial charge on any atom is -0.481 e. The Bertz CT molecular complexity index is 592. The largest absolute Gasteiger partial charge is 0.481 e. The number of nitrogens with zero attached hydrogens (tertiary/aromatic N) is 3. The zero-order valence-corrected chi connectivity index (χ0v) is 11.0. The maximum absolute atomic E-state index is 10.6. The molecule has 0 aromatic carbocycles. The van der Waals surface area contributed by atoms with Crippen LogP contribution in [-0.4, -0.2) is 34.6 Å². The maximum atomic E-state index is 10.6. The second-order valence-electron chi connectivity index (χ2n) is 4.25. The second kappa shape index (κ2) is 4.86. The van der Waals surface area contributed by atoms with Crippen LogP contribution in [0.4, 0.5) is 5.69 Å². The summed E-state index contributed by atoms with van der Waals surface area (Å²) in [6.45, 7) is 0. The van der Waals surface area contributed by atoms with Gasteiger partial charge in [-0.15, -0.1) is 0 Å². The standard InChI is InChI=1S/C12H14ClN3O2/c1-15(2)8-3-4-9-12(13)14-10(16(9)7-8)5-6-11(17)18/h3-4,7H,5-6H2,1-2H3,(H,17,18). The zero-order valence-electron chi connectivity index (χ0n) is 10.2. The Hall–Kier alpha value is -1.75. The highest BCUT2D eigenvalue weighted by molar-refractivity contribution is 6.32. The summed E-state index contributed by atoms with van der Waals surface area (Å²) in [4.78, 5) is 16.8. The molecule has 0 aliphatic carbocycles. The van der Waals surface area contributed by atoms with E-state index in [1.165, 1.54) is 0 Å². The average Bonchev–Trinajstić information content (AvgIpc) is 2.63. The van der Waals surface area contributed by atoms with Gasteiger partial charge in [-0.25, -0.2) is 4.98 Å². The number of pyridine rings is 1. The van der Waals surface area contributed by atoms with Crippen molar-refractivity contribution in [1.29, 1.82) is 0 Å². The van der Waals surface area contributed by atoms with Crippen LogP contribution >= 0.6 is 11.6 Å². The third-order valence-electron chi connectivity index (χ3n) is 2.73. The fraction of sp³-hybridized carbons (Fsp3) is 0.333. The molecule has 0 fully saturated rings. The molecule has 0 amide bonds. The maximum Gasteiger partial charge on any atom is 0.303 e. The number of aryl methyl sites for hydroxylation is 1. The number of anilines is 1. The molecule has 0 unspecified atom stereocenters. The van der Waals surface area contributed by atoms with Gasteiger partial charge < -0.3 is 14.4 Å². The van der Waals surface area contributed by atoms with Gasteiger partial charge in [-0.2, -0.15) is 0 Å². The molecule has 2 heterocycles. The highest BCUT2D eigenvalue weighted by atomic mass is 35.5. The van der Waals surface area contributed by atoms with Gasteiger partial charge in [0.25, 0.3) is 0 Å². The summed E-state index contributed by atoms with van der Waals surface area (Å²) in [6, 6.07) is 3.83. The van der Waals surface area contributed by atoms with E-state index in [-0.39, 0.29) is 6.42 Å². The Morgan fingerprint density at radius 3 is 2.83 bits per heavy atom. The molecule has 0 saturated carbocycles. The van der Waals surface area contributed by atoms with Crippen LogP contribution in [0.5, 0.6) is 0 Å². The molecular formula is C12H14ClN3O2. The van der Waals surface area contributed by atoms with Crippen molar-refractivity contribution in [3.8, 4) is 0 Å². The minimum atomic E-state index is -0.841. The Balaban J connectivity index is 2.45. The van der Waals surface area contributed by atoms with Crippen molar-refractivity contribution in [1.82, 2.24) is 9.38 Å². The van der Waals surface area contributed by atoms with Gasteiger partial charge in [-0.3, -0.25) is 4.79 Å². The molecular weight excluding hydrogens is 254 g/mol. The van der Waals surface area contributed by atoms with Crippen LogP contribution in [0, 0.1) is 0 Å². The van der Waals surface area contributed by atoms with Gasteiger partial charge in [0.1, 0.15) is 5.82 Å². The molecule has 2 aromatic rings. The number of hydrogen-bond donors (Lipinski definition) is 1. The lowest BCUT2D eigenvalue weighted by Gasteiger charge is -2.13. The van der Waals surface area contributed by atoms with Crippen LogP contribution in [0.2, 0.25) is 5.15 Å².